The number of ether oxygens (including phenoxy) is 1. The topological polar surface area (TPSA) is 39.2 Å². The minimum absolute atomic E-state index is 0.0442. The van der Waals surface area contributed by atoms with E-state index in [0.29, 0.717) is 0 Å². The molecule has 0 radical (unpaired) electrons. The van der Waals surface area contributed by atoms with Crippen molar-refractivity contribution in [2.24, 2.45) is 0 Å². The zero-order valence-electron chi connectivity index (χ0n) is 8.84. The number of nitrogens with zero attached hydrogens (tertiary/aromatic N) is 1. The van der Waals surface area contributed by atoms with Crippen LogP contribution in [0.15, 0.2) is 6.07 Å². The third-order valence-corrected chi connectivity index (χ3v) is 2.74. The predicted octanol–water partition coefficient (Wildman–Crippen LogP) is 2.87. The van der Waals surface area contributed by atoms with Gasteiger partial charge < -0.3 is 4.74 Å². The quantitative estimate of drug-likeness (QED) is 0.472. The molecule has 1 heterocycles. The molecule has 0 unspecified atom stereocenters. The first-order chi connectivity index (χ1) is 7.95. The van der Waals surface area contributed by atoms with Crippen LogP contribution in [0.3, 0.4) is 0 Å². The van der Waals surface area contributed by atoms with Gasteiger partial charge >= 0.3 is 5.97 Å². The molecule has 0 aliphatic carbocycles. The summed E-state index contributed by atoms with van der Waals surface area (Å²) >= 11 is 1.62. The third-order valence-electron chi connectivity index (χ3n) is 1.88. The van der Waals surface area contributed by atoms with Crippen LogP contribution in [0.5, 0.6) is 0 Å². The molecule has 0 atom stereocenters. The van der Waals surface area contributed by atoms with E-state index in [1.54, 1.807) is 29.5 Å². The largest absolute Gasteiger partial charge is 0.466 e. The fourth-order valence-electron chi connectivity index (χ4n) is 1.16. The lowest BCUT2D eigenvalue weighted by Gasteiger charge is -2.07. The summed E-state index contributed by atoms with van der Waals surface area (Å²) in [5, 5.41) is 0. The van der Waals surface area contributed by atoms with Crippen molar-refractivity contribution < 1.29 is 22.7 Å². The molecular formula is C10H9F3INO2. The Hall–Kier alpha value is -0.860. The minimum Gasteiger partial charge on any atom is -0.466 e. The Morgan fingerprint density at radius 2 is 2.24 bits per heavy atom. The molecule has 0 bridgehead atoms. The van der Waals surface area contributed by atoms with Gasteiger partial charge in [-0.15, -0.1) is 0 Å². The van der Waals surface area contributed by atoms with E-state index >= 15 is 0 Å². The van der Waals surface area contributed by atoms with Gasteiger partial charge in [0, 0.05) is 9.13 Å². The van der Waals surface area contributed by atoms with Crippen LogP contribution in [-0.2, 0) is 16.0 Å². The number of pyridine rings is 1. The van der Waals surface area contributed by atoms with Crippen LogP contribution in [-0.4, -0.2) is 17.6 Å². The van der Waals surface area contributed by atoms with E-state index < -0.39 is 24.0 Å². The standard InChI is InChI=1S/C10H9F3INO2/c1-2-17-7(16)4-5-3-6(14)8(9(11)12)15-10(5)13/h3,9H,2,4H2,1H3. The van der Waals surface area contributed by atoms with Crippen LogP contribution in [0.4, 0.5) is 13.2 Å². The first-order valence-corrected chi connectivity index (χ1v) is 5.82. The van der Waals surface area contributed by atoms with Crippen LogP contribution < -0.4 is 0 Å². The van der Waals surface area contributed by atoms with Gasteiger partial charge in [0.1, 0.15) is 5.69 Å². The smallest absolute Gasteiger partial charge is 0.310 e. The van der Waals surface area contributed by atoms with Gasteiger partial charge in [-0.1, -0.05) is 0 Å². The minimum atomic E-state index is -2.84. The monoisotopic (exact) mass is 359 g/mol. The number of hydrogen-bond donors (Lipinski definition) is 0. The maximum absolute atomic E-state index is 13.3. The lowest BCUT2D eigenvalue weighted by atomic mass is 10.2. The summed E-state index contributed by atoms with van der Waals surface area (Å²) in [5.74, 6) is -1.68. The molecule has 0 saturated carbocycles. The van der Waals surface area contributed by atoms with Gasteiger partial charge in [-0.25, -0.2) is 13.8 Å². The second-order valence-corrected chi connectivity index (χ2v) is 4.25. The Balaban J connectivity index is 2.95. The number of carbonyl (C=O) groups excluding carboxylic acids is 1. The summed E-state index contributed by atoms with van der Waals surface area (Å²) in [4.78, 5) is 14.3. The third kappa shape index (κ3) is 3.83. The van der Waals surface area contributed by atoms with Crippen LogP contribution >= 0.6 is 22.6 Å². The van der Waals surface area contributed by atoms with Gasteiger partial charge in [-0.3, -0.25) is 4.79 Å². The molecule has 1 aromatic rings. The Labute approximate surface area is 110 Å². The molecule has 0 fully saturated rings. The lowest BCUT2D eigenvalue weighted by Crippen LogP contribution is -2.11. The number of aromatic nitrogens is 1. The lowest BCUT2D eigenvalue weighted by molar-refractivity contribution is -0.142. The number of alkyl halides is 2. The van der Waals surface area contributed by atoms with Crippen molar-refractivity contribution in [1.82, 2.24) is 4.98 Å². The van der Waals surface area contributed by atoms with Gasteiger partial charge in [0.05, 0.1) is 13.0 Å². The molecule has 0 spiro atoms. The second-order valence-electron chi connectivity index (χ2n) is 3.09. The highest BCUT2D eigenvalue weighted by Crippen LogP contribution is 2.24. The summed E-state index contributed by atoms with van der Waals surface area (Å²) in [6.45, 7) is 1.80. The van der Waals surface area contributed by atoms with E-state index in [1.165, 1.54) is 6.07 Å². The Morgan fingerprint density at radius 3 is 2.76 bits per heavy atom. The molecule has 0 amide bonds. The van der Waals surface area contributed by atoms with Gasteiger partial charge in [-0.2, -0.15) is 4.39 Å². The molecule has 0 saturated heterocycles. The molecule has 0 N–H and O–H groups in total. The first-order valence-electron chi connectivity index (χ1n) is 4.74. The van der Waals surface area contributed by atoms with Crippen molar-refractivity contribution >= 4 is 28.6 Å². The second kappa shape index (κ2) is 6.18. The fraction of sp³-hybridized carbons (Fsp3) is 0.400. The van der Waals surface area contributed by atoms with E-state index in [0.717, 1.165) is 0 Å². The van der Waals surface area contributed by atoms with E-state index in [2.05, 4.69) is 9.72 Å². The maximum Gasteiger partial charge on any atom is 0.310 e. The molecule has 17 heavy (non-hydrogen) atoms. The number of esters is 1. The Morgan fingerprint density at radius 1 is 1.59 bits per heavy atom. The van der Waals surface area contributed by atoms with Crippen molar-refractivity contribution in [2.75, 3.05) is 6.61 Å². The van der Waals surface area contributed by atoms with Crippen LogP contribution in [0.1, 0.15) is 24.6 Å². The highest BCUT2D eigenvalue weighted by atomic mass is 127. The molecule has 0 aromatic carbocycles. The zero-order chi connectivity index (χ0) is 13.0. The molecular weight excluding hydrogens is 350 g/mol. The molecule has 0 aliphatic heterocycles. The average molecular weight is 359 g/mol. The average Bonchev–Trinajstić information content (AvgIpc) is 2.22. The molecule has 1 aromatic heterocycles. The first kappa shape index (κ1) is 14.2. The Bertz CT molecular complexity index is 426. The van der Waals surface area contributed by atoms with Gasteiger partial charge in [0.2, 0.25) is 5.95 Å². The van der Waals surface area contributed by atoms with E-state index in [-0.39, 0.29) is 22.2 Å². The van der Waals surface area contributed by atoms with Gasteiger partial charge in [-0.05, 0) is 35.6 Å². The fourth-order valence-corrected chi connectivity index (χ4v) is 1.89. The number of rotatable bonds is 4. The SMILES string of the molecule is CCOC(=O)Cc1cc(I)c(C(F)F)nc1F. The van der Waals surface area contributed by atoms with Crippen molar-refractivity contribution in [2.45, 2.75) is 19.8 Å². The number of halogens is 4. The molecule has 1 rings (SSSR count). The Kier molecular flexibility index (Phi) is 5.16. The summed E-state index contributed by atoms with van der Waals surface area (Å²) in [7, 11) is 0. The van der Waals surface area contributed by atoms with E-state index in [9.17, 15) is 18.0 Å². The summed E-state index contributed by atoms with van der Waals surface area (Å²) < 4.78 is 42.9. The molecule has 94 valence electrons. The van der Waals surface area contributed by atoms with Crippen molar-refractivity contribution in [3.05, 3.63) is 26.8 Å². The van der Waals surface area contributed by atoms with E-state index in [4.69, 9.17) is 0 Å². The number of carbonyl (C=O) groups is 1. The van der Waals surface area contributed by atoms with Gasteiger partial charge in [0.15, 0.2) is 0 Å². The van der Waals surface area contributed by atoms with Gasteiger partial charge in [0.25, 0.3) is 6.43 Å². The highest BCUT2D eigenvalue weighted by Gasteiger charge is 2.19. The summed E-state index contributed by atoms with van der Waals surface area (Å²) in [5.41, 5.74) is -0.659. The predicted molar refractivity (Wildman–Crippen MR) is 62.2 cm³/mol. The molecule has 7 heteroatoms. The zero-order valence-corrected chi connectivity index (χ0v) is 11.0. The van der Waals surface area contributed by atoms with Crippen molar-refractivity contribution in [1.29, 1.82) is 0 Å². The normalized spacial score (nSPS) is 10.7. The maximum atomic E-state index is 13.3. The summed E-state index contributed by atoms with van der Waals surface area (Å²) in [6, 6.07) is 1.18. The highest BCUT2D eigenvalue weighted by molar-refractivity contribution is 14.1. The van der Waals surface area contributed by atoms with Crippen LogP contribution in [0.2, 0.25) is 0 Å². The van der Waals surface area contributed by atoms with Crippen LogP contribution in [0, 0.1) is 9.52 Å². The van der Waals surface area contributed by atoms with Crippen molar-refractivity contribution in [3.63, 3.8) is 0 Å². The van der Waals surface area contributed by atoms with Crippen molar-refractivity contribution in [3.8, 4) is 0 Å². The van der Waals surface area contributed by atoms with E-state index in [1.807, 2.05) is 0 Å². The molecule has 0 aliphatic rings. The summed E-state index contributed by atoms with van der Waals surface area (Å²) in [6.07, 6.45) is -3.15. The molecule has 3 nitrogen and oxygen atoms in total. The number of hydrogen-bond acceptors (Lipinski definition) is 3. The van der Waals surface area contributed by atoms with Crippen LogP contribution in [0.25, 0.3) is 0 Å².